The number of benzene rings is 3. The monoisotopic (exact) mass is 714 g/mol. The number of carbonyl (C=O) groups excluding carboxylic acids is 3. The molecule has 1 unspecified atom stereocenters. The number of ether oxygens (including phenoxy) is 1. The molecular formula is C39H50N6O5S. The lowest BCUT2D eigenvalue weighted by molar-refractivity contribution is -0.125. The Morgan fingerprint density at radius 3 is 2.04 bits per heavy atom. The first-order valence-electron chi connectivity index (χ1n) is 17.2. The number of hydrogen-bond donors (Lipinski definition) is 5. The van der Waals surface area contributed by atoms with Crippen LogP contribution in [-0.4, -0.2) is 64.8 Å². The maximum absolute atomic E-state index is 13.8. The van der Waals surface area contributed by atoms with Crippen LogP contribution in [-0.2, 0) is 29.1 Å². The number of amides is 4. The average Bonchev–Trinajstić information content (AvgIpc) is 3.61. The summed E-state index contributed by atoms with van der Waals surface area (Å²) in [4.78, 5) is 46.0. The Morgan fingerprint density at radius 2 is 1.45 bits per heavy atom. The standard InChI is InChI=1S/C39H50N6O5S/c1-26(2)34(43-38(48)45(5)23-31-25-51-37(41-31)27(3)4)36(47)44-35(30-19-13-8-14-20-30)40-22-33(46)32(21-28-15-9-6-10-16-28)42-39(49)50-24-29-17-11-7-12-18-29/h6-20,25-27,32-35,40,46H,21-24H2,1-5H3,(H,42,49)(H,43,48)(H,44,47)/t32-,33-,34-,35?/m0/s1. The molecule has 1 aromatic heterocycles. The topological polar surface area (TPSA) is 145 Å². The largest absolute Gasteiger partial charge is 0.445 e. The van der Waals surface area contributed by atoms with E-state index in [0.717, 1.165) is 27.4 Å². The molecular weight excluding hydrogens is 665 g/mol. The molecule has 4 amide bonds. The molecule has 0 saturated heterocycles. The van der Waals surface area contributed by atoms with Crippen LogP contribution in [0.3, 0.4) is 0 Å². The van der Waals surface area contributed by atoms with Gasteiger partial charge in [-0.3, -0.25) is 10.1 Å². The van der Waals surface area contributed by atoms with E-state index >= 15 is 0 Å². The third kappa shape index (κ3) is 12.5. The number of carbonyl (C=O) groups is 3. The van der Waals surface area contributed by atoms with Crippen molar-refractivity contribution < 1.29 is 24.2 Å². The van der Waals surface area contributed by atoms with Gasteiger partial charge in [-0.25, -0.2) is 14.6 Å². The molecule has 0 radical (unpaired) electrons. The van der Waals surface area contributed by atoms with Gasteiger partial charge in [-0.05, 0) is 29.0 Å². The maximum Gasteiger partial charge on any atom is 0.407 e. The van der Waals surface area contributed by atoms with Gasteiger partial charge in [-0.2, -0.15) is 0 Å². The lowest BCUT2D eigenvalue weighted by atomic mass is 10.0. The van der Waals surface area contributed by atoms with Gasteiger partial charge >= 0.3 is 12.1 Å². The number of aliphatic hydroxyl groups excluding tert-OH is 1. The van der Waals surface area contributed by atoms with Crippen LogP contribution in [0.5, 0.6) is 0 Å². The molecule has 51 heavy (non-hydrogen) atoms. The normalized spacial score (nSPS) is 13.6. The van der Waals surface area contributed by atoms with Crippen molar-refractivity contribution >= 4 is 29.4 Å². The molecule has 12 heteroatoms. The second kappa shape index (κ2) is 19.6. The molecule has 0 saturated carbocycles. The van der Waals surface area contributed by atoms with Crippen LogP contribution in [0.2, 0.25) is 0 Å². The Hall–Kier alpha value is -4.78. The van der Waals surface area contributed by atoms with E-state index in [2.05, 4.69) is 40.1 Å². The molecule has 0 aliphatic heterocycles. The van der Waals surface area contributed by atoms with E-state index in [9.17, 15) is 19.5 Å². The van der Waals surface area contributed by atoms with Crippen molar-refractivity contribution in [3.8, 4) is 0 Å². The zero-order valence-corrected chi connectivity index (χ0v) is 30.7. The molecule has 4 atom stereocenters. The van der Waals surface area contributed by atoms with Crippen molar-refractivity contribution in [1.82, 2.24) is 31.2 Å². The zero-order chi connectivity index (χ0) is 36.8. The molecule has 0 aliphatic rings. The summed E-state index contributed by atoms with van der Waals surface area (Å²) in [5.74, 6) is -0.309. The van der Waals surface area contributed by atoms with Gasteiger partial charge in [0.05, 0.1) is 29.4 Å². The minimum atomic E-state index is -1.06. The van der Waals surface area contributed by atoms with Crippen molar-refractivity contribution in [2.45, 2.75) is 77.5 Å². The predicted octanol–water partition coefficient (Wildman–Crippen LogP) is 5.74. The van der Waals surface area contributed by atoms with E-state index in [1.165, 1.54) is 4.90 Å². The molecule has 0 fully saturated rings. The van der Waals surface area contributed by atoms with Gasteiger partial charge in [-0.15, -0.1) is 11.3 Å². The SMILES string of the molecule is CC(C)c1nc(CN(C)C(=O)N[C@H](C(=O)NC(NC[C@H](O)[C@H](Cc2ccccc2)NC(=O)OCc2ccccc2)c2ccccc2)C(C)C)cs1. The van der Waals surface area contributed by atoms with E-state index < -0.39 is 36.5 Å². The average molecular weight is 715 g/mol. The Labute approximate surface area is 304 Å². The van der Waals surface area contributed by atoms with E-state index in [-0.39, 0.29) is 25.0 Å². The summed E-state index contributed by atoms with van der Waals surface area (Å²) >= 11 is 1.57. The fourth-order valence-corrected chi connectivity index (χ4v) is 6.16. The van der Waals surface area contributed by atoms with E-state index in [1.807, 2.05) is 110 Å². The summed E-state index contributed by atoms with van der Waals surface area (Å²) in [5.41, 5.74) is 3.32. The van der Waals surface area contributed by atoms with E-state index in [4.69, 9.17) is 4.74 Å². The predicted molar refractivity (Wildman–Crippen MR) is 200 cm³/mol. The molecule has 272 valence electrons. The Kier molecular flexibility index (Phi) is 15.0. The summed E-state index contributed by atoms with van der Waals surface area (Å²) in [6.45, 7) is 8.31. The van der Waals surface area contributed by atoms with Crippen LogP contribution < -0.4 is 21.3 Å². The minimum Gasteiger partial charge on any atom is -0.445 e. The fourth-order valence-electron chi connectivity index (χ4n) is 5.33. The Bertz CT molecular complexity index is 1650. The summed E-state index contributed by atoms with van der Waals surface area (Å²) in [6, 6.07) is 26.3. The zero-order valence-electron chi connectivity index (χ0n) is 29.9. The van der Waals surface area contributed by atoms with Gasteiger partial charge < -0.3 is 30.7 Å². The van der Waals surface area contributed by atoms with Crippen LogP contribution in [0.1, 0.15) is 67.2 Å². The molecule has 4 rings (SSSR count). The van der Waals surface area contributed by atoms with Gasteiger partial charge in [0.25, 0.3) is 0 Å². The lowest BCUT2D eigenvalue weighted by Crippen LogP contribution is -2.55. The quantitative estimate of drug-likeness (QED) is 0.0879. The summed E-state index contributed by atoms with van der Waals surface area (Å²) in [7, 11) is 1.67. The molecule has 0 spiro atoms. The number of urea groups is 1. The molecule has 3 aromatic carbocycles. The van der Waals surface area contributed by atoms with Crippen molar-refractivity contribution in [3.05, 3.63) is 124 Å². The smallest absolute Gasteiger partial charge is 0.407 e. The third-order valence-electron chi connectivity index (χ3n) is 8.27. The highest BCUT2D eigenvalue weighted by Gasteiger charge is 2.29. The third-order valence-corrected chi connectivity index (χ3v) is 9.46. The number of rotatable bonds is 17. The molecule has 4 aromatic rings. The van der Waals surface area contributed by atoms with Gasteiger partial charge in [-0.1, -0.05) is 119 Å². The van der Waals surface area contributed by atoms with Gasteiger partial charge in [0.1, 0.15) is 18.8 Å². The van der Waals surface area contributed by atoms with Crippen LogP contribution in [0, 0.1) is 5.92 Å². The lowest BCUT2D eigenvalue weighted by Gasteiger charge is -2.30. The number of thiazole rings is 1. The first-order chi connectivity index (χ1) is 24.5. The number of nitrogens with one attached hydrogen (secondary N) is 4. The first kappa shape index (κ1) is 39.0. The van der Waals surface area contributed by atoms with Crippen LogP contribution >= 0.6 is 11.3 Å². The summed E-state index contributed by atoms with van der Waals surface area (Å²) in [5, 5.41) is 26.4. The van der Waals surface area contributed by atoms with Crippen molar-refractivity contribution in [2.75, 3.05) is 13.6 Å². The van der Waals surface area contributed by atoms with Crippen LogP contribution in [0.15, 0.2) is 96.4 Å². The Morgan fingerprint density at radius 1 is 0.843 bits per heavy atom. The molecule has 1 heterocycles. The maximum atomic E-state index is 13.8. The van der Waals surface area contributed by atoms with Crippen LogP contribution in [0.25, 0.3) is 0 Å². The number of aromatic nitrogens is 1. The number of alkyl carbamates (subject to hydrolysis) is 1. The van der Waals surface area contributed by atoms with Crippen molar-refractivity contribution in [1.29, 1.82) is 0 Å². The van der Waals surface area contributed by atoms with Gasteiger partial charge in [0.2, 0.25) is 5.91 Å². The second-order valence-electron chi connectivity index (χ2n) is 13.2. The van der Waals surface area contributed by atoms with E-state index in [0.29, 0.717) is 18.9 Å². The number of nitrogens with zero attached hydrogens (tertiary/aromatic N) is 2. The molecule has 11 nitrogen and oxygen atoms in total. The highest BCUT2D eigenvalue weighted by Crippen LogP contribution is 2.20. The highest BCUT2D eigenvalue weighted by molar-refractivity contribution is 7.09. The van der Waals surface area contributed by atoms with Gasteiger partial charge in [0.15, 0.2) is 0 Å². The first-order valence-corrected chi connectivity index (χ1v) is 18.1. The number of aliphatic hydroxyl groups is 1. The molecule has 5 N–H and O–H groups in total. The van der Waals surface area contributed by atoms with E-state index in [1.54, 1.807) is 18.4 Å². The minimum absolute atomic E-state index is 0.0176. The molecule has 0 aliphatic carbocycles. The summed E-state index contributed by atoms with van der Waals surface area (Å²) in [6.07, 6.45) is -2.08. The van der Waals surface area contributed by atoms with Crippen LogP contribution in [0.4, 0.5) is 9.59 Å². The highest BCUT2D eigenvalue weighted by atomic mass is 32.1. The second-order valence-corrected chi connectivity index (χ2v) is 14.1. The molecule has 0 bridgehead atoms. The summed E-state index contributed by atoms with van der Waals surface area (Å²) < 4.78 is 5.46. The van der Waals surface area contributed by atoms with Gasteiger partial charge in [0, 0.05) is 24.9 Å². The van der Waals surface area contributed by atoms with Crippen molar-refractivity contribution in [3.63, 3.8) is 0 Å². The van der Waals surface area contributed by atoms with Crippen molar-refractivity contribution in [2.24, 2.45) is 5.92 Å². The fraction of sp³-hybridized carbons (Fsp3) is 0.385. The number of hydrogen-bond acceptors (Lipinski definition) is 8. The Balaban J connectivity index is 1.42.